The van der Waals surface area contributed by atoms with Gasteiger partial charge in [0.25, 0.3) is 0 Å². The Kier molecular flexibility index (Phi) is 7.48. The Bertz CT molecular complexity index is 3180. The van der Waals surface area contributed by atoms with Crippen molar-refractivity contribution in [3.05, 3.63) is 253 Å². The van der Waals surface area contributed by atoms with Gasteiger partial charge in [0.15, 0.2) is 0 Å². The summed E-state index contributed by atoms with van der Waals surface area (Å²) in [5, 5.41) is 4.91. The summed E-state index contributed by atoms with van der Waals surface area (Å²) < 4.78 is 0. The summed E-state index contributed by atoms with van der Waals surface area (Å²) in [6, 6.07) is 84.8. The highest BCUT2D eigenvalue weighted by atomic mass is 15.1. The fourth-order valence-electron chi connectivity index (χ4n) is 10.3. The lowest BCUT2D eigenvalue weighted by Gasteiger charge is -2.34. The number of hydrogen-bond acceptors (Lipinski definition) is 2. The van der Waals surface area contributed by atoms with Crippen LogP contribution in [-0.2, 0) is 5.41 Å². The van der Waals surface area contributed by atoms with Gasteiger partial charge in [-0.1, -0.05) is 170 Å². The fraction of sp³-hybridized carbons (Fsp3) is 0.0175. The molecule has 2 nitrogen and oxygen atoms in total. The van der Waals surface area contributed by atoms with Gasteiger partial charge in [-0.2, -0.15) is 0 Å². The Balaban J connectivity index is 1.18. The molecule has 59 heavy (non-hydrogen) atoms. The lowest BCUT2D eigenvalue weighted by atomic mass is 9.69. The van der Waals surface area contributed by atoms with Crippen molar-refractivity contribution < 1.29 is 0 Å². The van der Waals surface area contributed by atoms with Gasteiger partial charge >= 0.3 is 0 Å². The first kappa shape index (κ1) is 33.5. The van der Waals surface area contributed by atoms with Crippen molar-refractivity contribution in [3.8, 4) is 22.3 Å². The van der Waals surface area contributed by atoms with Crippen LogP contribution in [0, 0.1) is 0 Å². The van der Waals surface area contributed by atoms with E-state index < -0.39 is 5.41 Å². The molecule has 0 radical (unpaired) electrons. The maximum Gasteiger partial charge on any atom is 0.0732 e. The van der Waals surface area contributed by atoms with Crippen LogP contribution in [0.2, 0.25) is 0 Å². The zero-order valence-corrected chi connectivity index (χ0v) is 32.3. The zero-order valence-electron chi connectivity index (χ0n) is 32.3. The van der Waals surface area contributed by atoms with Gasteiger partial charge in [0.05, 0.1) is 16.8 Å². The second-order valence-corrected chi connectivity index (χ2v) is 15.6. The van der Waals surface area contributed by atoms with Gasteiger partial charge in [-0.3, -0.25) is 0 Å². The van der Waals surface area contributed by atoms with E-state index in [-0.39, 0.29) is 0 Å². The van der Waals surface area contributed by atoms with Crippen LogP contribution >= 0.6 is 0 Å². The van der Waals surface area contributed by atoms with E-state index >= 15 is 0 Å². The minimum absolute atomic E-state index is 0.558. The predicted octanol–water partition coefficient (Wildman–Crippen LogP) is 15.3. The first-order valence-electron chi connectivity index (χ1n) is 20.4. The Labute approximate surface area is 344 Å². The number of benzene rings is 10. The van der Waals surface area contributed by atoms with E-state index in [1.54, 1.807) is 0 Å². The largest absolute Gasteiger partial charge is 0.310 e. The average Bonchev–Trinajstić information content (AvgIpc) is 3.77. The number of rotatable bonds is 6. The van der Waals surface area contributed by atoms with E-state index in [9.17, 15) is 0 Å². The monoisotopic (exact) mass is 750 g/mol. The Morgan fingerprint density at radius 3 is 1.39 bits per heavy atom. The molecule has 2 aliphatic rings. The van der Waals surface area contributed by atoms with Gasteiger partial charge in [-0.05, 0) is 116 Å². The quantitative estimate of drug-likeness (QED) is 0.167. The number of hydrogen-bond donors (Lipinski definition) is 0. The van der Waals surface area contributed by atoms with Crippen LogP contribution in [0.15, 0.2) is 231 Å². The van der Waals surface area contributed by atoms with Crippen LogP contribution in [0.4, 0.5) is 34.1 Å². The molecule has 0 saturated heterocycles. The summed E-state index contributed by atoms with van der Waals surface area (Å²) >= 11 is 0. The van der Waals surface area contributed by atoms with Crippen LogP contribution in [0.1, 0.15) is 22.3 Å². The number of anilines is 6. The Hall–Kier alpha value is -7.68. The SMILES string of the molecule is c1ccc(N(c2ccc3c(c2)C2(c4ccccc4-3)c3ccccc3-c3cc(N(c4ccccc4)c4ccccc4)c4ccccc4c32)c2cccc3ccccc23)cc1. The fourth-order valence-corrected chi connectivity index (χ4v) is 10.3. The number of nitrogens with zero attached hydrogens (tertiary/aromatic N) is 2. The van der Waals surface area contributed by atoms with Crippen LogP contribution in [0.3, 0.4) is 0 Å². The van der Waals surface area contributed by atoms with Crippen LogP contribution in [0.25, 0.3) is 43.8 Å². The standard InChI is InChI=1S/C57H38N2/c1-4-21-40(22-5-1)58(41-23-6-2-7-24-41)55-38-50-46-29-15-17-33-52(46)57(56(50)49-31-13-12-30-48(49)55)51-32-16-14-28-45(51)47-36-35-43(37-53(47)57)59(42-25-8-3-9-26-42)54-34-18-20-39-19-10-11-27-44(39)54/h1-38H. The first-order valence-corrected chi connectivity index (χ1v) is 20.4. The number of fused-ring (bicyclic) bond motifs is 13. The van der Waals surface area contributed by atoms with Gasteiger partial charge < -0.3 is 9.80 Å². The van der Waals surface area contributed by atoms with Crippen LogP contribution in [0.5, 0.6) is 0 Å². The van der Waals surface area contributed by atoms with Gasteiger partial charge in [0.2, 0.25) is 0 Å². The highest BCUT2D eigenvalue weighted by Crippen LogP contribution is 2.65. The molecule has 0 saturated carbocycles. The molecule has 0 aliphatic heterocycles. The van der Waals surface area contributed by atoms with Crippen molar-refractivity contribution >= 4 is 55.7 Å². The lowest BCUT2D eigenvalue weighted by molar-refractivity contribution is 0.801. The molecule has 276 valence electrons. The third-order valence-electron chi connectivity index (χ3n) is 12.6. The summed E-state index contributed by atoms with van der Waals surface area (Å²) in [6.07, 6.45) is 0. The molecule has 0 aromatic heterocycles. The van der Waals surface area contributed by atoms with E-state index in [0.29, 0.717) is 0 Å². The van der Waals surface area contributed by atoms with Crippen molar-refractivity contribution in [2.45, 2.75) is 5.41 Å². The molecule has 0 amide bonds. The van der Waals surface area contributed by atoms with Crippen LogP contribution in [-0.4, -0.2) is 0 Å². The third kappa shape index (κ3) is 4.87. The minimum Gasteiger partial charge on any atom is -0.310 e. The van der Waals surface area contributed by atoms with Crippen molar-refractivity contribution in [1.29, 1.82) is 0 Å². The van der Waals surface area contributed by atoms with Gasteiger partial charge in [0, 0.05) is 33.5 Å². The molecule has 2 aliphatic carbocycles. The molecule has 1 atom stereocenters. The molecule has 0 fully saturated rings. The average molecular weight is 751 g/mol. The maximum atomic E-state index is 2.50. The van der Waals surface area contributed by atoms with E-state index in [1.165, 1.54) is 66.1 Å². The van der Waals surface area contributed by atoms with Gasteiger partial charge in [-0.15, -0.1) is 0 Å². The second-order valence-electron chi connectivity index (χ2n) is 15.6. The summed E-state index contributed by atoms with van der Waals surface area (Å²) in [5.74, 6) is 0. The summed E-state index contributed by atoms with van der Waals surface area (Å²) in [4.78, 5) is 4.87. The van der Waals surface area contributed by atoms with Crippen molar-refractivity contribution in [3.63, 3.8) is 0 Å². The van der Waals surface area contributed by atoms with E-state index in [0.717, 1.165) is 34.1 Å². The highest BCUT2D eigenvalue weighted by molar-refractivity contribution is 6.10. The molecule has 0 heterocycles. The molecule has 10 aromatic rings. The molecule has 0 N–H and O–H groups in total. The van der Waals surface area contributed by atoms with Crippen molar-refractivity contribution in [2.24, 2.45) is 0 Å². The highest BCUT2D eigenvalue weighted by Gasteiger charge is 2.53. The Morgan fingerprint density at radius 2 is 0.746 bits per heavy atom. The van der Waals surface area contributed by atoms with Crippen molar-refractivity contribution in [1.82, 2.24) is 0 Å². The molecule has 12 rings (SSSR count). The van der Waals surface area contributed by atoms with E-state index in [1.807, 2.05) is 0 Å². The lowest BCUT2D eigenvalue weighted by Crippen LogP contribution is -2.26. The second kappa shape index (κ2) is 13.2. The molecule has 2 heteroatoms. The van der Waals surface area contributed by atoms with E-state index in [2.05, 4.69) is 240 Å². The summed E-state index contributed by atoms with van der Waals surface area (Å²) in [6.45, 7) is 0. The molecule has 1 unspecified atom stereocenters. The Morgan fingerprint density at radius 1 is 0.271 bits per heavy atom. The molecule has 0 bridgehead atoms. The summed E-state index contributed by atoms with van der Waals surface area (Å²) in [5.41, 5.74) is 16.7. The van der Waals surface area contributed by atoms with Gasteiger partial charge in [-0.25, -0.2) is 0 Å². The van der Waals surface area contributed by atoms with Crippen molar-refractivity contribution in [2.75, 3.05) is 9.80 Å². The van der Waals surface area contributed by atoms with Gasteiger partial charge in [0.1, 0.15) is 0 Å². The number of para-hydroxylation sites is 3. The summed E-state index contributed by atoms with van der Waals surface area (Å²) in [7, 11) is 0. The molecular formula is C57H38N2. The molecular weight excluding hydrogens is 713 g/mol. The topological polar surface area (TPSA) is 6.48 Å². The molecule has 1 spiro atoms. The minimum atomic E-state index is -0.558. The normalized spacial score (nSPS) is 14.5. The smallest absolute Gasteiger partial charge is 0.0732 e. The maximum absolute atomic E-state index is 2.50. The molecule has 10 aromatic carbocycles. The van der Waals surface area contributed by atoms with Crippen LogP contribution < -0.4 is 9.80 Å². The van der Waals surface area contributed by atoms with E-state index in [4.69, 9.17) is 0 Å². The third-order valence-corrected chi connectivity index (χ3v) is 12.6. The first-order chi connectivity index (χ1) is 29.3. The zero-order chi connectivity index (χ0) is 38.9. The predicted molar refractivity (Wildman–Crippen MR) is 247 cm³/mol.